The van der Waals surface area contributed by atoms with Gasteiger partial charge in [0.15, 0.2) is 5.76 Å². The molecule has 0 aliphatic heterocycles. The van der Waals surface area contributed by atoms with Crippen molar-refractivity contribution in [2.45, 2.75) is 20.4 Å². The molecule has 0 fully saturated rings. The molecule has 1 aromatic heterocycles. The molecule has 2 amide bonds. The number of urea groups is 1. The summed E-state index contributed by atoms with van der Waals surface area (Å²) in [4.78, 5) is 17.8. The molecule has 0 bridgehead atoms. The SMILES string of the molecule is CCN(CCO)C(=O)NCc1nc(C)c(-c2ccc(Cl)cc2)o1. The molecule has 124 valence electrons. The Kier molecular flexibility index (Phi) is 6.01. The first-order valence-electron chi connectivity index (χ1n) is 7.41. The fraction of sp³-hybridized carbons (Fsp3) is 0.375. The molecule has 2 aromatic rings. The molecule has 0 saturated carbocycles. The maximum absolute atomic E-state index is 12.0. The van der Waals surface area contributed by atoms with Crippen LogP contribution in [-0.2, 0) is 6.54 Å². The lowest BCUT2D eigenvalue weighted by Crippen LogP contribution is -2.41. The van der Waals surface area contributed by atoms with E-state index in [9.17, 15) is 4.79 Å². The van der Waals surface area contributed by atoms with Gasteiger partial charge in [0.05, 0.1) is 18.8 Å². The van der Waals surface area contributed by atoms with Crippen molar-refractivity contribution >= 4 is 17.6 Å². The summed E-state index contributed by atoms with van der Waals surface area (Å²) in [5.74, 6) is 1.09. The monoisotopic (exact) mass is 337 g/mol. The smallest absolute Gasteiger partial charge is 0.317 e. The van der Waals surface area contributed by atoms with Crippen LogP contribution in [0.5, 0.6) is 0 Å². The van der Waals surface area contributed by atoms with Gasteiger partial charge in [-0.3, -0.25) is 0 Å². The highest BCUT2D eigenvalue weighted by atomic mass is 35.5. The summed E-state index contributed by atoms with van der Waals surface area (Å²) >= 11 is 5.88. The lowest BCUT2D eigenvalue weighted by atomic mass is 10.1. The number of aliphatic hydroxyl groups excluding tert-OH is 1. The molecule has 2 N–H and O–H groups in total. The molecule has 1 heterocycles. The van der Waals surface area contributed by atoms with Crippen molar-refractivity contribution in [3.63, 3.8) is 0 Å². The number of aromatic nitrogens is 1. The summed E-state index contributed by atoms with van der Waals surface area (Å²) in [5, 5.41) is 12.3. The van der Waals surface area contributed by atoms with Crippen LogP contribution in [0.15, 0.2) is 28.7 Å². The summed E-state index contributed by atoms with van der Waals surface area (Å²) in [6, 6.07) is 7.03. The largest absolute Gasteiger partial charge is 0.438 e. The van der Waals surface area contributed by atoms with Crippen molar-refractivity contribution in [3.05, 3.63) is 40.9 Å². The van der Waals surface area contributed by atoms with E-state index in [1.807, 2.05) is 26.0 Å². The van der Waals surface area contributed by atoms with Crippen molar-refractivity contribution < 1.29 is 14.3 Å². The third-order valence-corrected chi connectivity index (χ3v) is 3.63. The number of oxazole rings is 1. The summed E-state index contributed by atoms with van der Waals surface area (Å²) in [7, 11) is 0. The molecule has 0 saturated heterocycles. The number of carbonyl (C=O) groups is 1. The molecular formula is C16H20ClN3O3. The van der Waals surface area contributed by atoms with Gasteiger partial charge in [0, 0.05) is 23.7 Å². The lowest BCUT2D eigenvalue weighted by Gasteiger charge is -2.19. The number of halogens is 1. The average molecular weight is 338 g/mol. The number of amides is 2. The minimum Gasteiger partial charge on any atom is -0.438 e. The van der Waals surface area contributed by atoms with Crippen molar-refractivity contribution in [2.75, 3.05) is 19.7 Å². The molecule has 0 aliphatic rings. The molecule has 0 radical (unpaired) electrons. The van der Waals surface area contributed by atoms with E-state index < -0.39 is 0 Å². The van der Waals surface area contributed by atoms with Crippen LogP contribution in [0.4, 0.5) is 4.79 Å². The van der Waals surface area contributed by atoms with Crippen molar-refractivity contribution in [1.82, 2.24) is 15.2 Å². The predicted molar refractivity (Wildman–Crippen MR) is 88.3 cm³/mol. The molecule has 0 spiro atoms. The van der Waals surface area contributed by atoms with Crippen molar-refractivity contribution in [1.29, 1.82) is 0 Å². The van der Waals surface area contributed by atoms with Gasteiger partial charge >= 0.3 is 6.03 Å². The molecule has 1 aromatic carbocycles. The van der Waals surface area contributed by atoms with Crippen LogP contribution in [0.2, 0.25) is 5.02 Å². The molecule has 6 nitrogen and oxygen atoms in total. The number of nitrogens with one attached hydrogen (secondary N) is 1. The van der Waals surface area contributed by atoms with Gasteiger partial charge in [0.25, 0.3) is 0 Å². The summed E-state index contributed by atoms with van der Waals surface area (Å²) in [6.07, 6.45) is 0. The van der Waals surface area contributed by atoms with Crippen molar-refractivity contribution in [3.8, 4) is 11.3 Å². The van der Waals surface area contributed by atoms with Gasteiger partial charge in [-0.15, -0.1) is 0 Å². The maximum Gasteiger partial charge on any atom is 0.317 e. The van der Waals surface area contributed by atoms with Gasteiger partial charge < -0.3 is 19.7 Å². The number of rotatable bonds is 6. The minimum absolute atomic E-state index is 0.0694. The second kappa shape index (κ2) is 7.99. The number of benzene rings is 1. The fourth-order valence-electron chi connectivity index (χ4n) is 2.18. The van der Waals surface area contributed by atoms with E-state index in [1.54, 1.807) is 12.1 Å². The van der Waals surface area contributed by atoms with E-state index in [0.717, 1.165) is 11.3 Å². The van der Waals surface area contributed by atoms with E-state index in [0.29, 0.717) is 29.8 Å². The first-order valence-corrected chi connectivity index (χ1v) is 7.78. The van der Waals surface area contributed by atoms with Crippen LogP contribution in [0.25, 0.3) is 11.3 Å². The van der Waals surface area contributed by atoms with E-state index in [4.69, 9.17) is 21.1 Å². The number of aryl methyl sites for hydroxylation is 1. The average Bonchev–Trinajstić information content (AvgIpc) is 2.92. The van der Waals surface area contributed by atoms with E-state index in [1.165, 1.54) is 4.90 Å². The lowest BCUT2D eigenvalue weighted by molar-refractivity contribution is 0.179. The molecule has 2 rings (SSSR count). The Morgan fingerprint density at radius 3 is 2.70 bits per heavy atom. The Balaban J connectivity index is 2.04. The highest BCUT2D eigenvalue weighted by molar-refractivity contribution is 6.30. The first kappa shape index (κ1) is 17.3. The van der Waals surface area contributed by atoms with Crippen LogP contribution >= 0.6 is 11.6 Å². The van der Waals surface area contributed by atoms with Gasteiger partial charge in [-0.1, -0.05) is 11.6 Å². The zero-order valence-electron chi connectivity index (χ0n) is 13.2. The van der Waals surface area contributed by atoms with Crippen LogP contribution in [-0.4, -0.2) is 40.7 Å². The van der Waals surface area contributed by atoms with E-state index in [-0.39, 0.29) is 19.2 Å². The number of likely N-dealkylation sites (N-methyl/N-ethyl adjacent to an activating group) is 1. The van der Waals surface area contributed by atoms with Crippen LogP contribution in [0.3, 0.4) is 0 Å². The number of hydrogen-bond acceptors (Lipinski definition) is 4. The standard InChI is InChI=1S/C16H20ClN3O3/c1-3-20(8-9-21)16(22)18-10-14-19-11(2)15(23-14)12-4-6-13(17)7-5-12/h4-7,21H,3,8-10H2,1-2H3,(H,18,22). The zero-order chi connectivity index (χ0) is 16.8. The van der Waals surface area contributed by atoms with Gasteiger partial charge in [-0.25, -0.2) is 9.78 Å². The number of carbonyl (C=O) groups excluding carboxylic acids is 1. The summed E-state index contributed by atoms with van der Waals surface area (Å²) in [5.41, 5.74) is 1.63. The molecule has 0 aliphatic carbocycles. The summed E-state index contributed by atoms with van der Waals surface area (Å²) in [6.45, 7) is 4.64. The third kappa shape index (κ3) is 4.46. The van der Waals surface area contributed by atoms with Gasteiger partial charge in [0.2, 0.25) is 5.89 Å². The predicted octanol–water partition coefficient (Wildman–Crippen LogP) is 2.83. The van der Waals surface area contributed by atoms with Gasteiger partial charge in [-0.05, 0) is 38.1 Å². The Bertz CT molecular complexity index is 655. The Morgan fingerprint density at radius 2 is 2.09 bits per heavy atom. The van der Waals surface area contributed by atoms with E-state index >= 15 is 0 Å². The zero-order valence-corrected chi connectivity index (χ0v) is 13.9. The molecule has 0 unspecified atom stereocenters. The van der Waals surface area contributed by atoms with Crippen molar-refractivity contribution in [2.24, 2.45) is 0 Å². The highest BCUT2D eigenvalue weighted by Crippen LogP contribution is 2.25. The Labute approximate surface area is 140 Å². The number of nitrogens with zero attached hydrogens (tertiary/aromatic N) is 2. The van der Waals surface area contributed by atoms with Crippen LogP contribution in [0.1, 0.15) is 18.5 Å². The minimum atomic E-state index is -0.259. The Morgan fingerprint density at radius 1 is 1.39 bits per heavy atom. The molecular weight excluding hydrogens is 318 g/mol. The molecule has 0 atom stereocenters. The topological polar surface area (TPSA) is 78.6 Å². The quantitative estimate of drug-likeness (QED) is 0.849. The van der Waals surface area contributed by atoms with Gasteiger partial charge in [-0.2, -0.15) is 0 Å². The Hall–Kier alpha value is -2.05. The van der Waals surface area contributed by atoms with Crippen LogP contribution in [0, 0.1) is 6.92 Å². The maximum atomic E-state index is 12.0. The third-order valence-electron chi connectivity index (χ3n) is 3.38. The molecule has 7 heteroatoms. The number of hydrogen-bond donors (Lipinski definition) is 2. The molecule has 23 heavy (non-hydrogen) atoms. The fourth-order valence-corrected chi connectivity index (χ4v) is 2.31. The second-order valence-corrected chi connectivity index (χ2v) is 5.43. The normalized spacial score (nSPS) is 10.6. The summed E-state index contributed by atoms with van der Waals surface area (Å²) < 4.78 is 5.73. The van der Waals surface area contributed by atoms with Crippen LogP contribution < -0.4 is 5.32 Å². The first-order chi connectivity index (χ1) is 11.0. The van der Waals surface area contributed by atoms with E-state index in [2.05, 4.69) is 10.3 Å². The number of aliphatic hydroxyl groups is 1. The van der Waals surface area contributed by atoms with Gasteiger partial charge in [0.1, 0.15) is 0 Å². The second-order valence-electron chi connectivity index (χ2n) is 4.99. The highest BCUT2D eigenvalue weighted by Gasteiger charge is 2.14.